The third-order valence-electron chi connectivity index (χ3n) is 5.86. The van der Waals surface area contributed by atoms with Crippen LogP contribution in [0, 0.1) is 29.6 Å². The van der Waals surface area contributed by atoms with E-state index in [4.69, 9.17) is 5.11 Å². The van der Waals surface area contributed by atoms with Gasteiger partial charge in [-0.1, -0.05) is 0 Å². The number of aromatic nitrogens is 2. The van der Waals surface area contributed by atoms with E-state index in [9.17, 15) is 4.79 Å². The van der Waals surface area contributed by atoms with Crippen molar-refractivity contribution in [2.45, 2.75) is 45.1 Å². The zero-order valence-corrected chi connectivity index (χ0v) is 11.7. The highest BCUT2D eigenvalue weighted by atomic mass is 16.4. The Labute approximate surface area is 119 Å². The van der Waals surface area contributed by atoms with Crippen molar-refractivity contribution in [3.05, 3.63) is 18.0 Å². The Bertz CT molecular complexity index is 494. The molecule has 4 heteroatoms. The van der Waals surface area contributed by atoms with Gasteiger partial charge in [0.05, 0.1) is 12.6 Å². The van der Waals surface area contributed by atoms with Crippen molar-refractivity contribution in [1.29, 1.82) is 0 Å². The first kappa shape index (κ1) is 12.4. The summed E-state index contributed by atoms with van der Waals surface area (Å²) in [6.07, 6.45) is 10.9. The largest absolute Gasteiger partial charge is 0.481 e. The zero-order chi connectivity index (χ0) is 13.7. The zero-order valence-electron chi connectivity index (χ0n) is 11.7. The normalized spacial score (nSPS) is 38.3. The van der Waals surface area contributed by atoms with Crippen molar-refractivity contribution in [3.63, 3.8) is 0 Å². The molecule has 0 aliphatic heterocycles. The number of hydrogen-bond donors (Lipinski definition) is 1. The predicted molar refractivity (Wildman–Crippen MR) is 74.1 cm³/mol. The lowest BCUT2D eigenvalue weighted by molar-refractivity contribution is -0.136. The monoisotopic (exact) mass is 274 g/mol. The van der Waals surface area contributed by atoms with Crippen LogP contribution >= 0.6 is 0 Å². The number of carboxylic acid groups (broad SMARTS) is 1. The molecule has 4 nitrogen and oxygen atoms in total. The third-order valence-corrected chi connectivity index (χ3v) is 5.86. The van der Waals surface area contributed by atoms with E-state index in [0.29, 0.717) is 0 Å². The van der Waals surface area contributed by atoms with Crippen LogP contribution in [0.5, 0.6) is 0 Å². The van der Waals surface area contributed by atoms with Gasteiger partial charge in [-0.3, -0.25) is 9.48 Å². The highest BCUT2D eigenvalue weighted by molar-refractivity contribution is 5.69. The van der Waals surface area contributed by atoms with Crippen molar-refractivity contribution in [3.8, 4) is 0 Å². The smallest absolute Gasteiger partial charge is 0.307 e. The van der Waals surface area contributed by atoms with Gasteiger partial charge in [0.15, 0.2) is 0 Å². The van der Waals surface area contributed by atoms with E-state index in [1.165, 1.54) is 32.1 Å². The molecule has 4 saturated carbocycles. The Hall–Kier alpha value is -1.32. The maximum Gasteiger partial charge on any atom is 0.307 e. The second-order valence-electron chi connectivity index (χ2n) is 7.24. The van der Waals surface area contributed by atoms with Gasteiger partial charge in [0.25, 0.3) is 0 Å². The van der Waals surface area contributed by atoms with Crippen molar-refractivity contribution in [2.75, 3.05) is 0 Å². The summed E-state index contributed by atoms with van der Waals surface area (Å²) in [4.78, 5) is 10.7. The lowest BCUT2D eigenvalue weighted by Gasteiger charge is -2.54. The molecule has 1 aromatic rings. The van der Waals surface area contributed by atoms with Crippen LogP contribution in [0.25, 0.3) is 0 Å². The van der Waals surface area contributed by atoms with Crippen LogP contribution < -0.4 is 0 Å². The molecule has 0 unspecified atom stereocenters. The Balaban J connectivity index is 1.46. The maximum absolute atomic E-state index is 10.7. The molecule has 0 atom stereocenters. The fraction of sp³-hybridized carbons (Fsp3) is 0.750. The minimum absolute atomic E-state index is 0.0850. The molecule has 0 amide bonds. The topological polar surface area (TPSA) is 55.1 Å². The first-order valence-corrected chi connectivity index (χ1v) is 7.90. The second kappa shape index (κ2) is 4.61. The summed E-state index contributed by atoms with van der Waals surface area (Å²) in [7, 11) is 0. The molecule has 5 rings (SSSR count). The van der Waals surface area contributed by atoms with Crippen LogP contribution in [0.1, 0.15) is 37.7 Å². The van der Waals surface area contributed by atoms with E-state index in [-0.39, 0.29) is 6.42 Å². The Morgan fingerprint density at radius 1 is 1.20 bits per heavy atom. The average Bonchev–Trinajstić information content (AvgIpc) is 2.79. The lowest BCUT2D eigenvalue weighted by Crippen LogP contribution is -2.46. The SMILES string of the molecule is O=C(O)Cc1cnn(CC2C3CC4CC(C3)CC2C4)c1. The van der Waals surface area contributed by atoms with Gasteiger partial charge in [0.2, 0.25) is 0 Å². The van der Waals surface area contributed by atoms with Gasteiger partial charge in [-0.05, 0) is 61.7 Å². The van der Waals surface area contributed by atoms with Gasteiger partial charge < -0.3 is 5.11 Å². The van der Waals surface area contributed by atoms with Crippen LogP contribution in [0.15, 0.2) is 12.4 Å². The predicted octanol–water partition coefficient (Wildman–Crippen LogP) is 2.58. The molecular formula is C16H22N2O2. The van der Waals surface area contributed by atoms with Gasteiger partial charge >= 0.3 is 5.97 Å². The molecule has 0 saturated heterocycles. The number of carbonyl (C=O) groups is 1. The number of carboxylic acids is 1. The highest BCUT2D eigenvalue weighted by Crippen LogP contribution is 2.56. The Morgan fingerprint density at radius 3 is 2.45 bits per heavy atom. The molecule has 1 aromatic heterocycles. The van der Waals surface area contributed by atoms with Crippen molar-refractivity contribution >= 4 is 5.97 Å². The number of nitrogens with zero attached hydrogens (tertiary/aromatic N) is 2. The third kappa shape index (κ3) is 2.15. The quantitative estimate of drug-likeness (QED) is 0.918. The van der Waals surface area contributed by atoms with E-state index in [2.05, 4.69) is 5.10 Å². The molecule has 20 heavy (non-hydrogen) atoms. The molecular weight excluding hydrogens is 252 g/mol. The summed E-state index contributed by atoms with van der Waals surface area (Å²) in [5, 5.41) is 13.2. The Kier molecular flexibility index (Phi) is 2.86. The van der Waals surface area contributed by atoms with Crippen LogP contribution in [0.2, 0.25) is 0 Å². The molecule has 4 aliphatic rings. The van der Waals surface area contributed by atoms with Gasteiger partial charge in [-0.2, -0.15) is 5.10 Å². The first-order chi connectivity index (χ1) is 9.67. The van der Waals surface area contributed by atoms with Gasteiger partial charge in [0, 0.05) is 18.3 Å². The fourth-order valence-electron chi connectivity index (χ4n) is 5.32. The molecule has 4 fully saturated rings. The van der Waals surface area contributed by atoms with Gasteiger partial charge in [0.1, 0.15) is 0 Å². The van der Waals surface area contributed by atoms with Crippen LogP contribution in [0.4, 0.5) is 0 Å². The van der Waals surface area contributed by atoms with E-state index < -0.39 is 5.97 Å². The van der Waals surface area contributed by atoms with E-state index in [1.807, 2.05) is 10.9 Å². The average molecular weight is 274 g/mol. The van der Waals surface area contributed by atoms with Crippen molar-refractivity contribution in [1.82, 2.24) is 9.78 Å². The molecule has 1 N–H and O–H groups in total. The summed E-state index contributed by atoms with van der Waals surface area (Å²) >= 11 is 0. The molecule has 0 radical (unpaired) electrons. The molecule has 0 spiro atoms. The van der Waals surface area contributed by atoms with E-state index in [0.717, 1.165) is 41.7 Å². The minimum atomic E-state index is -0.779. The summed E-state index contributed by atoms with van der Waals surface area (Å²) in [5.74, 6) is 3.82. The van der Waals surface area contributed by atoms with Crippen LogP contribution in [0.3, 0.4) is 0 Å². The second-order valence-corrected chi connectivity index (χ2v) is 7.24. The van der Waals surface area contributed by atoms with Crippen molar-refractivity contribution < 1.29 is 9.90 Å². The number of rotatable bonds is 4. The van der Waals surface area contributed by atoms with Crippen LogP contribution in [-0.2, 0) is 17.8 Å². The maximum atomic E-state index is 10.7. The minimum Gasteiger partial charge on any atom is -0.481 e. The first-order valence-electron chi connectivity index (χ1n) is 7.90. The summed E-state index contributed by atoms with van der Waals surface area (Å²) in [5.41, 5.74) is 0.821. The number of hydrogen-bond acceptors (Lipinski definition) is 2. The summed E-state index contributed by atoms with van der Waals surface area (Å²) in [6.45, 7) is 0.994. The van der Waals surface area contributed by atoms with Crippen molar-refractivity contribution in [2.24, 2.45) is 29.6 Å². The molecule has 4 aliphatic carbocycles. The molecule has 4 bridgehead atoms. The molecule has 108 valence electrons. The van der Waals surface area contributed by atoms with E-state index in [1.54, 1.807) is 6.20 Å². The summed E-state index contributed by atoms with van der Waals surface area (Å²) in [6, 6.07) is 0. The number of aliphatic carboxylic acids is 1. The summed E-state index contributed by atoms with van der Waals surface area (Å²) < 4.78 is 1.99. The molecule has 1 heterocycles. The molecule has 0 aromatic carbocycles. The Morgan fingerprint density at radius 2 is 1.85 bits per heavy atom. The lowest BCUT2D eigenvalue weighted by atomic mass is 9.52. The van der Waals surface area contributed by atoms with Gasteiger partial charge in [-0.25, -0.2) is 0 Å². The standard InChI is InChI=1S/C16H22N2O2/c19-16(20)6-12-7-17-18(8-12)9-15-13-2-10-1-11(4-13)5-14(15)3-10/h7-8,10-11,13-15H,1-6,9H2,(H,19,20). The van der Waals surface area contributed by atoms with Crippen LogP contribution in [-0.4, -0.2) is 20.9 Å². The van der Waals surface area contributed by atoms with E-state index >= 15 is 0 Å². The highest BCUT2D eigenvalue weighted by Gasteiger charge is 2.48. The van der Waals surface area contributed by atoms with Gasteiger partial charge in [-0.15, -0.1) is 0 Å². The fourth-order valence-corrected chi connectivity index (χ4v) is 5.32.